The molecule has 0 radical (unpaired) electrons. The third-order valence-corrected chi connectivity index (χ3v) is 3.54. The molecule has 2 heterocycles. The lowest BCUT2D eigenvalue weighted by molar-refractivity contribution is 0.651. The third kappa shape index (κ3) is 1.74. The molecular weight excluding hydrogens is 248 g/mol. The van der Waals surface area contributed by atoms with Crippen molar-refractivity contribution in [3.8, 4) is 0 Å². The van der Waals surface area contributed by atoms with Crippen LogP contribution in [-0.2, 0) is 0 Å². The lowest BCUT2D eigenvalue weighted by atomic mass is 10.0. The Kier molecular flexibility index (Phi) is 2.90. The Morgan fingerprint density at radius 1 is 1.20 bits per heavy atom. The van der Waals surface area contributed by atoms with E-state index < -0.39 is 0 Å². The second-order valence-corrected chi connectivity index (χ2v) is 4.85. The van der Waals surface area contributed by atoms with Crippen molar-refractivity contribution in [2.75, 3.05) is 7.05 Å². The number of benzene rings is 1. The maximum atomic E-state index is 5.99. The van der Waals surface area contributed by atoms with Gasteiger partial charge in [-0.15, -0.1) is 0 Å². The molecule has 0 amide bonds. The number of hydrogen-bond donors (Lipinski definition) is 0. The number of aryl methyl sites for hydroxylation is 2. The number of furan rings is 1. The Morgan fingerprint density at radius 3 is 2.65 bits per heavy atom. The molecular formula is C17H16N2O. The fourth-order valence-electron chi connectivity index (χ4n) is 2.54. The highest BCUT2D eigenvalue weighted by Gasteiger charge is 2.16. The molecule has 3 aromatic rings. The van der Waals surface area contributed by atoms with Crippen LogP contribution < -0.4 is 0 Å². The molecule has 1 aromatic carbocycles. The summed E-state index contributed by atoms with van der Waals surface area (Å²) >= 11 is 0. The van der Waals surface area contributed by atoms with Gasteiger partial charge in [0.05, 0.1) is 5.71 Å². The number of aromatic nitrogens is 1. The predicted octanol–water partition coefficient (Wildman–Crippen LogP) is 4.20. The van der Waals surface area contributed by atoms with Gasteiger partial charge in [-0.05, 0) is 37.6 Å². The summed E-state index contributed by atoms with van der Waals surface area (Å²) in [6, 6.07) is 8.22. The topological polar surface area (TPSA) is 38.4 Å². The molecule has 0 saturated carbocycles. The zero-order valence-corrected chi connectivity index (χ0v) is 11.9. The second kappa shape index (κ2) is 4.60. The van der Waals surface area contributed by atoms with E-state index in [-0.39, 0.29) is 0 Å². The summed E-state index contributed by atoms with van der Waals surface area (Å²) in [5.74, 6) is 0. The lowest BCUT2D eigenvalue weighted by Crippen LogP contribution is -1.99. The van der Waals surface area contributed by atoms with E-state index in [1.807, 2.05) is 13.0 Å². The van der Waals surface area contributed by atoms with Crippen LogP contribution in [-0.4, -0.2) is 17.7 Å². The average molecular weight is 264 g/mol. The van der Waals surface area contributed by atoms with E-state index in [0.717, 1.165) is 38.9 Å². The van der Waals surface area contributed by atoms with Crippen LogP contribution in [0.15, 0.2) is 46.3 Å². The summed E-state index contributed by atoms with van der Waals surface area (Å²) in [5, 5.41) is 2.10. The van der Waals surface area contributed by atoms with Gasteiger partial charge in [0, 0.05) is 29.1 Å². The number of hydrogen-bond acceptors (Lipinski definition) is 3. The molecule has 0 N–H and O–H groups in total. The molecule has 3 heteroatoms. The largest absolute Gasteiger partial charge is 0.437 e. The number of rotatable bonds is 2. The van der Waals surface area contributed by atoms with Gasteiger partial charge < -0.3 is 4.42 Å². The number of fused-ring (bicyclic) bond motifs is 3. The first kappa shape index (κ1) is 12.6. The fraction of sp³-hybridized carbons (Fsp3) is 0.176. The molecule has 0 aliphatic rings. The minimum atomic E-state index is 0.673. The zero-order valence-electron chi connectivity index (χ0n) is 11.9. The van der Waals surface area contributed by atoms with Crippen molar-refractivity contribution in [3.63, 3.8) is 0 Å². The number of aliphatic imine (C=N–C) groups is 1. The van der Waals surface area contributed by atoms with E-state index in [1.165, 1.54) is 0 Å². The van der Waals surface area contributed by atoms with E-state index in [1.54, 1.807) is 13.1 Å². The van der Waals surface area contributed by atoms with Gasteiger partial charge in [0.2, 0.25) is 5.71 Å². The first-order valence-electron chi connectivity index (χ1n) is 6.54. The zero-order chi connectivity index (χ0) is 14.3. The Balaban J connectivity index is 2.48. The van der Waals surface area contributed by atoms with E-state index in [2.05, 4.69) is 41.7 Å². The van der Waals surface area contributed by atoms with Gasteiger partial charge in [0.25, 0.3) is 0 Å². The average Bonchev–Trinajstić information content (AvgIpc) is 2.79. The number of nitrogens with zero attached hydrogens (tertiary/aromatic N) is 2. The first-order valence-corrected chi connectivity index (χ1v) is 6.54. The predicted molar refractivity (Wildman–Crippen MR) is 83.6 cm³/mol. The smallest absolute Gasteiger partial charge is 0.227 e. The van der Waals surface area contributed by atoms with Gasteiger partial charge in [-0.25, -0.2) is 4.98 Å². The maximum Gasteiger partial charge on any atom is 0.227 e. The Morgan fingerprint density at radius 2 is 1.95 bits per heavy atom. The van der Waals surface area contributed by atoms with Crippen LogP contribution in [0.3, 0.4) is 0 Å². The van der Waals surface area contributed by atoms with Crippen molar-refractivity contribution in [3.05, 3.63) is 53.7 Å². The van der Waals surface area contributed by atoms with Gasteiger partial charge in [-0.3, -0.25) is 4.99 Å². The molecule has 0 unspecified atom stereocenters. The summed E-state index contributed by atoms with van der Waals surface area (Å²) in [4.78, 5) is 8.76. The molecule has 0 aliphatic heterocycles. The summed E-state index contributed by atoms with van der Waals surface area (Å²) < 4.78 is 5.99. The monoisotopic (exact) mass is 264 g/mol. The summed E-state index contributed by atoms with van der Waals surface area (Å²) in [5.41, 5.74) is 5.40. The van der Waals surface area contributed by atoms with Crippen LogP contribution >= 0.6 is 0 Å². The molecule has 100 valence electrons. The molecule has 0 atom stereocenters. The molecule has 0 fully saturated rings. The van der Waals surface area contributed by atoms with Gasteiger partial charge >= 0.3 is 0 Å². The van der Waals surface area contributed by atoms with Crippen molar-refractivity contribution in [2.45, 2.75) is 13.8 Å². The van der Waals surface area contributed by atoms with Crippen molar-refractivity contribution in [1.82, 2.24) is 4.98 Å². The lowest BCUT2D eigenvalue weighted by Gasteiger charge is -2.05. The maximum absolute atomic E-state index is 5.99. The highest BCUT2D eigenvalue weighted by molar-refractivity contribution is 6.19. The number of pyridine rings is 1. The van der Waals surface area contributed by atoms with Crippen LogP contribution in [0, 0.1) is 13.8 Å². The summed E-state index contributed by atoms with van der Waals surface area (Å²) in [6.07, 6.45) is 1.76. The van der Waals surface area contributed by atoms with Gasteiger partial charge in [-0.1, -0.05) is 18.7 Å². The SMILES string of the molecule is C=C/C(=N/C)c1c(C)ccc2c1oc1nc(C)ccc12. The van der Waals surface area contributed by atoms with Crippen LogP contribution in [0.2, 0.25) is 0 Å². The van der Waals surface area contributed by atoms with E-state index >= 15 is 0 Å². The van der Waals surface area contributed by atoms with E-state index in [0.29, 0.717) is 5.71 Å². The molecule has 0 saturated heterocycles. The van der Waals surface area contributed by atoms with E-state index in [9.17, 15) is 0 Å². The third-order valence-electron chi connectivity index (χ3n) is 3.54. The standard InChI is InChI=1S/C17H16N2O/c1-5-14(18-4)15-10(2)6-8-12-13-9-7-11(3)19-17(13)20-16(12)15/h5-9H,1H2,2-4H3/b18-14-. The molecule has 0 spiro atoms. The molecule has 2 aromatic heterocycles. The Bertz CT molecular complexity index is 856. The van der Waals surface area contributed by atoms with Crippen LogP contribution in [0.1, 0.15) is 16.8 Å². The highest BCUT2D eigenvalue weighted by Crippen LogP contribution is 2.32. The van der Waals surface area contributed by atoms with Crippen molar-refractivity contribution in [1.29, 1.82) is 0 Å². The number of allylic oxidation sites excluding steroid dienone is 1. The normalized spacial score (nSPS) is 12.2. The molecule has 20 heavy (non-hydrogen) atoms. The van der Waals surface area contributed by atoms with Crippen molar-refractivity contribution < 1.29 is 4.42 Å². The van der Waals surface area contributed by atoms with Gasteiger partial charge in [-0.2, -0.15) is 0 Å². The quantitative estimate of drug-likeness (QED) is 0.650. The van der Waals surface area contributed by atoms with Crippen molar-refractivity contribution >= 4 is 27.8 Å². The Hall–Kier alpha value is -2.42. The van der Waals surface area contributed by atoms with Crippen molar-refractivity contribution in [2.24, 2.45) is 4.99 Å². The van der Waals surface area contributed by atoms with Gasteiger partial charge in [0.15, 0.2) is 0 Å². The molecule has 3 nitrogen and oxygen atoms in total. The Labute approximate surface area is 117 Å². The fourth-order valence-corrected chi connectivity index (χ4v) is 2.54. The van der Waals surface area contributed by atoms with Crippen LogP contribution in [0.5, 0.6) is 0 Å². The minimum absolute atomic E-state index is 0.673. The van der Waals surface area contributed by atoms with E-state index in [4.69, 9.17) is 4.42 Å². The van der Waals surface area contributed by atoms with Gasteiger partial charge in [0.1, 0.15) is 5.58 Å². The van der Waals surface area contributed by atoms with Crippen LogP contribution in [0.4, 0.5) is 0 Å². The summed E-state index contributed by atoms with van der Waals surface area (Å²) in [6.45, 7) is 7.85. The second-order valence-electron chi connectivity index (χ2n) is 4.85. The molecule has 0 bridgehead atoms. The molecule has 3 rings (SSSR count). The van der Waals surface area contributed by atoms with Crippen LogP contribution in [0.25, 0.3) is 22.1 Å². The summed E-state index contributed by atoms with van der Waals surface area (Å²) in [7, 11) is 1.76. The minimum Gasteiger partial charge on any atom is -0.437 e. The highest BCUT2D eigenvalue weighted by atomic mass is 16.3. The molecule has 0 aliphatic carbocycles. The first-order chi connectivity index (χ1) is 9.65.